The molecule has 18 heavy (non-hydrogen) atoms. The largest absolute Gasteiger partial charge is 0.444 e. The summed E-state index contributed by atoms with van der Waals surface area (Å²) in [4.78, 5) is 13.8. The lowest BCUT2D eigenvalue weighted by Gasteiger charge is -2.31. The molecule has 0 aromatic rings. The van der Waals surface area contributed by atoms with Crippen molar-refractivity contribution < 1.29 is 9.53 Å². The highest BCUT2D eigenvalue weighted by Gasteiger charge is 2.38. The van der Waals surface area contributed by atoms with Crippen molar-refractivity contribution in [1.82, 2.24) is 4.90 Å². The van der Waals surface area contributed by atoms with Crippen LogP contribution >= 0.6 is 0 Å². The summed E-state index contributed by atoms with van der Waals surface area (Å²) in [5, 5.41) is 9.26. The maximum atomic E-state index is 12.1. The lowest BCUT2D eigenvalue weighted by Crippen LogP contribution is -2.43. The molecule has 0 bridgehead atoms. The molecule has 0 aromatic carbocycles. The standard InChI is InChI=1S/C14H24N2O2/c1-10(2)11(9-15)12-7-6-8-16(12)13(17)18-14(3,4)5/h10-12H,6-8H2,1-5H3. The average Bonchev–Trinajstić information content (AvgIpc) is 2.64. The zero-order valence-electron chi connectivity index (χ0n) is 12.1. The lowest BCUT2D eigenvalue weighted by atomic mass is 9.88. The first kappa shape index (κ1) is 14.8. The van der Waals surface area contributed by atoms with Gasteiger partial charge in [-0.05, 0) is 39.5 Å². The van der Waals surface area contributed by atoms with Crippen molar-refractivity contribution in [3.05, 3.63) is 0 Å². The number of hydrogen-bond acceptors (Lipinski definition) is 3. The normalized spacial score (nSPS) is 21.8. The van der Waals surface area contributed by atoms with E-state index in [0.717, 1.165) is 12.8 Å². The van der Waals surface area contributed by atoms with E-state index in [1.54, 1.807) is 4.90 Å². The molecule has 0 spiro atoms. The number of likely N-dealkylation sites (tertiary alicyclic amines) is 1. The van der Waals surface area contributed by atoms with E-state index in [9.17, 15) is 10.1 Å². The van der Waals surface area contributed by atoms with Crippen LogP contribution in [-0.2, 0) is 4.74 Å². The summed E-state index contributed by atoms with van der Waals surface area (Å²) in [5.74, 6) is 0.142. The van der Waals surface area contributed by atoms with Crippen molar-refractivity contribution in [3.63, 3.8) is 0 Å². The van der Waals surface area contributed by atoms with Crippen LogP contribution < -0.4 is 0 Å². The van der Waals surface area contributed by atoms with Gasteiger partial charge in [-0.3, -0.25) is 0 Å². The van der Waals surface area contributed by atoms with Crippen molar-refractivity contribution in [2.45, 2.75) is 59.1 Å². The van der Waals surface area contributed by atoms with Gasteiger partial charge in [0.25, 0.3) is 0 Å². The third-order valence-electron chi connectivity index (χ3n) is 3.21. The SMILES string of the molecule is CC(C)C(C#N)C1CCCN1C(=O)OC(C)(C)C. The van der Waals surface area contributed by atoms with Crippen LogP contribution in [0.5, 0.6) is 0 Å². The van der Waals surface area contributed by atoms with Gasteiger partial charge in [-0.25, -0.2) is 4.79 Å². The molecule has 1 saturated heterocycles. The van der Waals surface area contributed by atoms with Crippen LogP contribution in [0.3, 0.4) is 0 Å². The fraction of sp³-hybridized carbons (Fsp3) is 0.857. The molecule has 1 fully saturated rings. The predicted molar refractivity (Wildman–Crippen MR) is 69.9 cm³/mol. The third kappa shape index (κ3) is 3.63. The number of hydrogen-bond donors (Lipinski definition) is 0. The van der Waals surface area contributed by atoms with Crippen LogP contribution in [0.1, 0.15) is 47.5 Å². The van der Waals surface area contributed by atoms with Gasteiger partial charge in [-0.1, -0.05) is 13.8 Å². The highest BCUT2D eigenvalue weighted by atomic mass is 16.6. The Balaban J connectivity index is 2.76. The molecule has 1 heterocycles. The van der Waals surface area contributed by atoms with Crippen LogP contribution in [0, 0.1) is 23.2 Å². The Morgan fingerprint density at radius 3 is 2.50 bits per heavy atom. The van der Waals surface area contributed by atoms with E-state index in [0.29, 0.717) is 6.54 Å². The van der Waals surface area contributed by atoms with Gasteiger partial charge >= 0.3 is 6.09 Å². The molecule has 0 saturated carbocycles. The Morgan fingerprint density at radius 2 is 2.06 bits per heavy atom. The second-order valence-electron chi connectivity index (χ2n) is 6.28. The molecule has 0 N–H and O–H groups in total. The summed E-state index contributed by atoms with van der Waals surface area (Å²) < 4.78 is 5.40. The minimum atomic E-state index is -0.482. The highest BCUT2D eigenvalue weighted by molar-refractivity contribution is 5.69. The molecule has 102 valence electrons. The van der Waals surface area contributed by atoms with Gasteiger partial charge in [0.05, 0.1) is 18.0 Å². The van der Waals surface area contributed by atoms with E-state index in [4.69, 9.17) is 4.74 Å². The fourth-order valence-corrected chi connectivity index (χ4v) is 2.39. The van der Waals surface area contributed by atoms with Crippen LogP contribution in [0.15, 0.2) is 0 Å². The number of ether oxygens (including phenoxy) is 1. The number of rotatable bonds is 2. The molecule has 0 aliphatic carbocycles. The number of nitriles is 1. The predicted octanol–water partition coefficient (Wildman–Crippen LogP) is 3.18. The van der Waals surface area contributed by atoms with Crippen LogP contribution in [0.25, 0.3) is 0 Å². The van der Waals surface area contributed by atoms with Gasteiger partial charge in [0, 0.05) is 6.54 Å². The monoisotopic (exact) mass is 252 g/mol. The first-order valence-corrected chi connectivity index (χ1v) is 6.65. The Hall–Kier alpha value is -1.24. The molecule has 2 atom stereocenters. The van der Waals surface area contributed by atoms with Crippen LogP contribution in [0.4, 0.5) is 4.79 Å². The second kappa shape index (κ2) is 5.60. The summed E-state index contributed by atoms with van der Waals surface area (Å²) in [5.41, 5.74) is -0.482. The summed E-state index contributed by atoms with van der Waals surface area (Å²) in [6, 6.07) is 2.35. The number of carbonyl (C=O) groups excluding carboxylic acids is 1. The van der Waals surface area contributed by atoms with Crippen LogP contribution in [0.2, 0.25) is 0 Å². The molecule has 4 nitrogen and oxygen atoms in total. The second-order valence-corrected chi connectivity index (χ2v) is 6.28. The highest BCUT2D eigenvalue weighted by Crippen LogP contribution is 2.29. The molecule has 0 radical (unpaired) electrons. The summed E-state index contributed by atoms with van der Waals surface area (Å²) in [6.07, 6.45) is 1.57. The number of amides is 1. The van der Waals surface area contributed by atoms with Gasteiger partial charge < -0.3 is 9.64 Å². The fourth-order valence-electron chi connectivity index (χ4n) is 2.39. The molecule has 1 rings (SSSR count). The topological polar surface area (TPSA) is 53.3 Å². The van der Waals surface area contributed by atoms with Gasteiger partial charge in [-0.2, -0.15) is 5.26 Å². The van der Waals surface area contributed by atoms with Gasteiger partial charge in [0.2, 0.25) is 0 Å². The Morgan fingerprint density at radius 1 is 1.44 bits per heavy atom. The lowest BCUT2D eigenvalue weighted by molar-refractivity contribution is 0.0182. The van der Waals surface area contributed by atoms with E-state index < -0.39 is 5.60 Å². The third-order valence-corrected chi connectivity index (χ3v) is 3.21. The Kier molecular flexibility index (Phi) is 4.61. The maximum Gasteiger partial charge on any atom is 0.410 e. The maximum absolute atomic E-state index is 12.1. The zero-order valence-corrected chi connectivity index (χ0v) is 12.1. The first-order valence-electron chi connectivity index (χ1n) is 6.65. The Labute approximate surface area is 110 Å². The molecule has 2 unspecified atom stereocenters. The van der Waals surface area contributed by atoms with Gasteiger partial charge in [0.15, 0.2) is 0 Å². The van der Waals surface area contributed by atoms with E-state index in [-0.39, 0.29) is 24.0 Å². The molecule has 1 aliphatic rings. The summed E-state index contributed by atoms with van der Waals surface area (Å²) >= 11 is 0. The van der Waals surface area contributed by atoms with Crippen molar-refractivity contribution in [2.75, 3.05) is 6.54 Å². The molecular weight excluding hydrogens is 228 g/mol. The van der Waals surface area contributed by atoms with E-state index >= 15 is 0 Å². The minimum absolute atomic E-state index is 0.00449. The smallest absolute Gasteiger partial charge is 0.410 e. The molecule has 1 amide bonds. The molecular formula is C14H24N2O2. The van der Waals surface area contributed by atoms with E-state index in [1.165, 1.54) is 0 Å². The van der Waals surface area contributed by atoms with Crippen LogP contribution in [-0.4, -0.2) is 29.2 Å². The van der Waals surface area contributed by atoms with Crippen molar-refractivity contribution in [2.24, 2.45) is 11.8 Å². The molecule has 0 aromatic heterocycles. The van der Waals surface area contributed by atoms with Crippen molar-refractivity contribution >= 4 is 6.09 Å². The summed E-state index contributed by atoms with van der Waals surface area (Å²) in [7, 11) is 0. The molecule has 1 aliphatic heterocycles. The van der Waals surface area contributed by atoms with Gasteiger partial charge in [-0.15, -0.1) is 0 Å². The Bertz CT molecular complexity index is 339. The first-order chi connectivity index (χ1) is 8.26. The summed E-state index contributed by atoms with van der Waals surface area (Å²) in [6.45, 7) is 10.3. The minimum Gasteiger partial charge on any atom is -0.444 e. The average molecular weight is 252 g/mol. The zero-order chi connectivity index (χ0) is 13.9. The van der Waals surface area contributed by atoms with Crippen molar-refractivity contribution in [1.29, 1.82) is 5.26 Å². The van der Waals surface area contributed by atoms with Crippen molar-refractivity contribution in [3.8, 4) is 6.07 Å². The van der Waals surface area contributed by atoms with E-state index in [2.05, 4.69) is 6.07 Å². The van der Waals surface area contributed by atoms with E-state index in [1.807, 2.05) is 34.6 Å². The number of nitrogens with zero attached hydrogens (tertiary/aromatic N) is 2. The molecule has 4 heteroatoms. The number of carbonyl (C=O) groups is 1. The van der Waals surface area contributed by atoms with Gasteiger partial charge in [0.1, 0.15) is 5.60 Å². The quantitative estimate of drug-likeness (QED) is 0.758.